The van der Waals surface area contributed by atoms with Crippen molar-refractivity contribution in [2.75, 3.05) is 23.3 Å². The van der Waals surface area contributed by atoms with Gasteiger partial charge in [0.25, 0.3) is 5.91 Å². The monoisotopic (exact) mass is 899 g/mol. The predicted molar refractivity (Wildman–Crippen MR) is 222 cm³/mol. The fraction of sp³-hybridized carbons (Fsp3) is 0.425. The highest BCUT2D eigenvalue weighted by Gasteiger charge is 2.32. The molecule has 0 aliphatic carbocycles. The molecule has 4 rings (SSSR count). The Labute approximate surface area is 345 Å². The zero-order valence-electron chi connectivity index (χ0n) is 33.6. The lowest BCUT2D eigenvalue weighted by Crippen LogP contribution is -2.45. The van der Waals surface area contributed by atoms with E-state index >= 15 is 0 Å². The molecule has 0 saturated heterocycles. The molecule has 0 fully saturated rings. The van der Waals surface area contributed by atoms with Crippen molar-refractivity contribution in [3.8, 4) is 5.69 Å². The first kappa shape index (κ1) is 44.4. The molecular formula is C40H50IN7O9. The Morgan fingerprint density at radius 3 is 2.11 bits per heavy atom. The summed E-state index contributed by atoms with van der Waals surface area (Å²) in [4.78, 5) is 74.7. The SMILES string of the molecule is CC(C)(C)OC(=O)NCC[C@H](CN(C(=O)OC(C)(C)C)c1nccn1C(=O)OC(C)(C)C)OCc1ccc(-n2cc(I)c(NC(=O)c3ccccc3)nc2=O)cc1. The van der Waals surface area contributed by atoms with E-state index < -0.39 is 46.9 Å². The number of anilines is 2. The van der Waals surface area contributed by atoms with Crippen LogP contribution >= 0.6 is 22.6 Å². The Bertz CT molecular complexity index is 2080. The maximum atomic E-state index is 13.7. The molecule has 3 amide bonds. The summed E-state index contributed by atoms with van der Waals surface area (Å²) in [5.41, 5.74) is -1.32. The maximum Gasteiger partial charge on any atom is 0.421 e. The zero-order chi connectivity index (χ0) is 42.1. The van der Waals surface area contributed by atoms with Crippen LogP contribution in [0.4, 0.5) is 26.1 Å². The molecule has 0 unspecified atom stereocenters. The van der Waals surface area contributed by atoms with Crippen molar-refractivity contribution in [3.05, 3.63) is 98.4 Å². The molecule has 16 nitrogen and oxygen atoms in total. The van der Waals surface area contributed by atoms with Gasteiger partial charge in [0.1, 0.15) is 16.8 Å². The van der Waals surface area contributed by atoms with Crippen LogP contribution in [0, 0.1) is 3.57 Å². The third kappa shape index (κ3) is 14.0. The lowest BCUT2D eigenvalue weighted by Gasteiger charge is -2.30. The normalized spacial score (nSPS) is 12.3. The van der Waals surface area contributed by atoms with E-state index in [1.165, 1.54) is 21.9 Å². The number of hydrogen-bond donors (Lipinski definition) is 2. The number of alkyl carbamates (subject to hydrolysis) is 1. The predicted octanol–water partition coefficient (Wildman–Crippen LogP) is 7.31. The van der Waals surface area contributed by atoms with E-state index in [1.54, 1.807) is 123 Å². The minimum absolute atomic E-state index is 0.0455. The average molecular weight is 900 g/mol. The van der Waals surface area contributed by atoms with Crippen molar-refractivity contribution in [3.63, 3.8) is 0 Å². The Kier molecular flexibility index (Phi) is 14.6. The van der Waals surface area contributed by atoms with Crippen molar-refractivity contribution in [2.24, 2.45) is 0 Å². The fourth-order valence-corrected chi connectivity index (χ4v) is 5.56. The van der Waals surface area contributed by atoms with E-state index in [4.69, 9.17) is 18.9 Å². The van der Waals surface area contributed by atoms with E-state index in [-0.39, 0.29) is 43.8 Å². The van der Waals surface area contributed by atoms with Crippen LogP contribution in [0.3, 0.4) is 0 Å². The molecule has 0 spiro atoms. The molecule has 306 valence electrons. The van der Waals surface area contributed by atoms with Crippen molar-refractivity contribution in [1.82, 2.24) is 24.4 Å². The van der Waals surface area contributed by atoms with Crippen molar-refractivity contribution in [1.29, 1.82) is 0 Å². The Hall–Kier alpha value is -5.30. The third-order valence-electron chi connectivity index (χ3n) is 7.44. The number of amides is 3. The lowest BCUT2D eigenvalue weighted by atomic mass is 10.2. The van der Waals surface area contributed by atoms with Gasteiger partial charge in [-0.15, -0.1) is 0 Å². The summed E-state index contributed by atoms with van der Waals surface area (Å²) in [6.45, 7) is 15.6. The Morgan fingerprint density at radius 2 is 1.49 bits per heavy atom. The van der Waals surface area contributed by atoms with Crippen LogP contribution in [0.5, 0.6) is 0 Å². The Balaban J connectivity index is 1.56. The van der Waals surface area contributed by atoms with E-state index in [0.717, 1.165) is 10.1 Å². The first-order valence-corrected chi connectivity index (χ1v) is 19.3. The van der Waals surface area contributed by atoms with Gasteiger partial charge in [-0.3, -0.25) is 9.36 Å². The van der Waals surface area contributed by atoms with Gasteiger partial charge in [-0.05, 0) is 121 Å². The van der Waals surface area contributed by atoms with Crippen LogP contribution in [0.25, 0.3) is 5.69 Å². The van der Waals surface area contributed by atoms with Gasteiger partial charge in [0.2, 0.25) is 5.95 Å². The van der Waals surface area contributed by atoms with Gasteiger partial charge < -0.3 is 29.6 Å². The van der Waals surface area contributed by atoms with Gasteiger partial charge >= 0.3 is 24.0 Å². The molecule has 0 aliphatic rings. The molecule has 0 saturated carbocycles. The van der Waals surface area contributed by atoms with Crippen LogP contribution in [0.2, 0.25) is 0 Å². The van der Waals surface area contributed by atoms with Crippen molar-refractivity contribution in [2.45, 2.75) is 98.2 Å². The Morgan fingerprint density at radius 1 is 0.860 bits per heavy atom. The molecule has 0 aliphatic heterocycles. The van der Waals surface area contributed by atoms with Crippen LogP contribution in [-0.2, 0) is 25.6 Å². The molecule has 0 radical (unpaired) electrons. The summed E-state index contributed by atoms with van der Waals surface area (Å²) < 4.78 is 26.1. The van der Waals surface area contributed by atoms with Crippen LogP contribution in [-0.4, -0.2) is 79.3 Å². The first-order valence-electron chi connectivity index (χ1n) is 18.2. The van der Waals surface area contributed by atoms with Crippen LogP contribution in [0.1, 0.15) is 84.7 Å². The van der Waals surface area contributed by atoms with Gasteiger partial charge in [0, 0.05) is 30.7 Å². The second-order valence-corrected chi connectivity index (χ2v) is 17.1. The highest BCUT2D eigenvalue weighted by molar-refractivity contribution is 14.1. The van der Waals surface area contributed by atoms with Crippen molar-refractivity contribution < 1.29 is 38.1 Å². The quantitative estimate of drug-likeness (QED) is 0.107. The molecule has 1 atom stereocenters. The van der Waals surface area contributed by atoms with Gasteiger partial charge in [-0.25, -0.2) is 33.6 Å². The number of halogens is 1. The minimum Gasteiger partial charge on any atom is -0.444 e. The number of nitrogens with one attached hydrogen (secondary N) is 2. The minimum atomic E-state index is -0.888. The summed E-state index contributed by atoms with van der Waals surface area (Å²) in [5.74, 6) is -0.281. The molecule has 4 aromatic rings. The van der Waals surface area contributed by atoms with Crippen molar-refractivity contribution >= 4 is 58.5 Å². The largest absolute Gasteiger partial charge is 0.444 e. The summed E-state index contributed by atoms with van der Waals surface area (Å²) in [5, 5.41) is 5.42. The van der Waals surface area contributed by atoms with Crippen LogP contribution in [0.15, 0.2) is 78.0 Å². The molecule has 2 N–H and O–H groups in total. The van der Waals surface area contributed by atoms with E-state index in [0.29, 0.717) is 14.8 Å². The number of rotatable bonds is 12. The molecular weight excluding hydrogens is 849 g/mol. The molecule has 17 heteroatoms. The number of benzene rings is 2. The van der Waals surface area contributed by atoms with Gasteiger partial charge in [0.05, 0.1) is 28.5 Å². The van der Waals surface area contributed by atoms with Gasteiger partial charge in [-0.1, -0.05) is 30.3 Å². The number of hydrogen-bond acceptors (Lipinski definition) is 11. The second kappa shape index (κ2) is 18.8. The third-order valence-corrected chi connectivity index (χ3v) is 8.23. The summed E-state index contributed by atoms with van der Waals surface area (Å²) in [6, 6.07) is 15.6. The summed E-state index contributed by atoms with van der Waals surface area (Å²) in [6.07, 6.45) is 1.68. The van der Waals surface area contributed by atoms with Gasteiger partial charge in [0.15, 0.2) is 5.82 Å². The summed E-state index contributed by atoms with van der Waals surface area (Å²) in [7, 11) is 0. The highest BCUT2D eigenvalue weighted by Crippen LogP contribution is 2.22. The molecule has 2 heterocycles. The topological polar surface area (TPSA) is 185 Å². The van der Waals surface area contributed by atoms with E-state index in [1.807, 2.05) is 22.6 Å². The number of nitrogens with zero attached hydrogens (tertiary/aromatic N) is 5. The lowest BCUT2D eigenvalue weighted by molar-refractivity contribution is 0.0283. The maximum absolute atomic E-state index is 13.7. The second-order valence-electron chi connectivity index (χ2n) is 15.9. The molecule has 0 bridgehead atoms. The molecule has 57 heavy (non-hydrogen) atoms. The van der Waals surface area contributed by atoms with E-state index in [9.17, 15) is 24.0 Å². The number of imidazole rings is 1. The fourth-order valence-electron chi connectivity index (χ4n) is 5.03. The zero-order valence-corrected chi connectivity index (χ0v) is 35.8. The average Bonchev–Trinajstić information content (AvgIpc) is 3.59. The molecule has 2 aromatic carbocycles. The number of aromatic nitrogens is 4. The molecule has 2 aromatic heterocycles. The number of ether oxygens (including phenoxy) is 4. The number of carbonyl (C=O) groups excluding carboxylic acids is 4. The highest BCUT2D eigenvalue weighted by atomic mass is 127. The number of carbonyl (C=O) groups is 4. The summed E-state index contributed by atoms with van der Waals surface area (Å²) >= 11 is 2.01. The van der Waals surface area contributed by atoms with Gasteiger partial charge in [-0.2, -0.15) is 4.98 Å². The van der Waals surface area contributed by atoms with E-state index in [2.05, 4.69) is 20.6 Å². The first-order chi connectivity index (χ1) is 26.6. The smallest absolute Gasteiger partial charge is 0.421 e. The van der Waals surface area contributed by atoms with Crippen LogP contribution < -0.4 is 21.2 Å². The standard InChI is InChI=1S/C40H50IN7O9/c1-38(2,3)55-35(51)43-20-19-29(23-48(37(53)57-40(7,8)9)33-42-21-22-46(33)36(52)56-39(4,5)6)54-25-26-15-17-28(18-16-26)47-24-30(41)31(45-34(47)50)44-32(49)27-13-11-10-12-14-27/h10-18,21-22,24,29H,19-20,23,25H2,1-9H3,(H,43,51)(H,44,45,49,50)/t29-/m1/s1.